The fourth-order valence-corrected chi connectivity index (χ4v) is 4.71. The van der Waals surface area contributed by atoms with Crippen LogP contribution in [-0.2, 0) is 0 Å². The molecular formula is C23H24FN7O. The maximum absolute atomic E-state index is 14.4. The number of anilines is 2. The molecule has 2 aliphatic rings. The summed E-state index contributed by atoms with van der Waals surface area (Å²) in [5, 5.41) is 11.0. The SMILES string of the molecule is Cc1cn2cc(NC(=O)c3ccc(N4CCNC5(CC5)C4)c4cc(C)nn34)cc(F)c2n1. The molecule has 0 bridgehead atoms. The van der Waals surface area contributed by atoms with E-state index >= 15 is 0 Å². The average Bonchev–Trinajstić information content (AvgIpc) is 3.18. The van der Waals surface area contributed by atoms with Gasteiger partial charge in [0.2, 0.25) is 0 Å². The monoisotopic (exact) mass is 433 g/mol. The Morgan fingerprint density at radius 1 is 1.19 bits per heavy atom. The van der Waals surface area contributed by atoms with Crippen LogP contribution in [0.5, 0.6) is 0 Å². The van der Waals surface area contributed by atoms with Crippen molar-refractivity contribution in [2.75, 3.05) is 29.9 Å². The van der Waals surface area contributed by atoms with Crippen molar-refractivity contribution in [2.24, 2.45) is 0 Å². The molecule has 1 saturated heterocycles. The number of halogens is 1. The first-order chi connectivity index (χ1) is 15.4. The number of piperazine rings is 1. The average molecular weight is 433 g/mol. The smallest absolute Gasteiger partial charge is 0.274 e. The highest BCUT2D eigenvalue weighted by atomic mass is 19.1. The summed E-state index contributed by atoms with van der Waals surface area (Å²) in [6.45, 7) is 6.54. The highest BCUT2D eigenvalue weighted by molar-refractivity contribution is 6.04. The van der Waals surface area contributed by atoms with Gasteiger partial charge in [-0.1, -0.05) is 0 Å². The van der Waals surface area contributed by atoms with Gasteiger partial charge in [0.25, 0.3) is 5.91 Å². The Kier molecular flexibility index (Phi) is 4.07. The number of carbonyl (C=O) groups excluding carboxylic acids is 1. The quantitative estimate of drug-likeness (QED) is 0.519. The molecule has 4 aromatic heterocycles. The van der Waals surface area contributed by atoms with Gasteiger partial charge in [0.15, 0.2) is 11.5 Å². The zero-order valence-corrected chi connectivity index (χ0v) is 18.0. The third kappa shape index (κ3) is 3.12. The van der Waals surface area contributed by atoms with E-state index in [1.807, 2.05) is 19.1 Å². The third-order valence-electron chi connectivity index (χ3n) is 6.41. The van der Waals surface area contributed by atoms with Gasteiger partial charge in [-0.2, -0.15) is 5.10 Å². The molecule has 1 aliphatic carbocycles. The zero-order valence-electron chi connectivity index (χ0n) is 18.0. The minimum Gasteiger partial charge on any atom is -0.367 e. The van der Waals surface area contributed by atoms with E-state index in [0.717, 1.165) is 36.5 Å². The van der Waals surface area contributed by atoms with Crippen LogP contribution >= 0.6 is 0 Å². The van der Waals surface area contributed by atoms with Gasteiger partial charge in [-0.3, -0.25) is 4.79 Å². The third-order valence-corrected chi connectivity index (χ3v) is 6.41. The second-order valence-corrected chi connectivity index (χ2v) is 8.96. The standard InChI is InChI=1S/C23H24FN7O/c1-14-9-20-18(29-8-7-25-23(13-29)5-6-23)3-4-19(31(20)28-14)22(32)27-16-10-17(24)21-26-15(2)11-30(21)12-16/h3-4,9-12,25H,5-8,13H2,1-2H3,(H,27,32). The molecule has 0 radical (unpaired) electrons. The number of imidazole rings is 1. The number of aromatic nitrogens is 4. The van der Waals surface area contributed by atoms with Crippen LogP contribution < -0.4 is 15.5 Å². The number of pyridine rings is 2. The minimum atomic E-state index is -0.487. The Labute approximate surface area is 184 Å². The summed E-state index contributed by atoms with van der Waals surface area (Å²) in [6.07, 6.45) is 5.79. The van der Waals surface area contributed by atoms with Crippen LogP contribution in [0.4, 0.5) is 15.8 Å². The first kappa shape index (κ1) is 19.2. The molecule has 8 nitrogen and oxygen atoms in total. The number of aryl methyl sites for hydroxylation is 2. The molecule has 1 saturated carbocycles. The Balaban J connectivity index is 1.35. The van der Waals surface area contributed by atoms with Crippen LogP contribution in [0.3, 0.4) is 0 Å². The van der Waals surface area contributed by atoms with Crippen molar-refractivity contribution in [3.05, 3.63) is 59.6 Å². The molecule has 0 aromatic carbocycles. The molecule has 164 valence electrons. The van der Waals surface area contributed by atoms with Crippen LogP contribution in [0.1, 0.15) is 34.7 Å². The number of rotatable bonds is 3. The Hall–Kier alpha value is -3.46. The number of hydrogen-bond acceptors (Lipinski definition) is 5. The molecule has 9 heteroatoms. The summed E-state index contributed by atoms with van der Waals surface area (Å²) in [6, 6.07) is 7.08. The second-order valence-electron chi connectivity index (χ2n) is 8.96. The lowest BCUT2D eigenvalue weighted by molar-refractivity contribution is 0.102. The summed E-state index contributed by atoms with van der Waals surface area (Å²) < 4.78 is 17.7. The highest BCUT2D eigenvalue weighted by Gasteiger charge is 2.45. The number of amides is 1. The van der Waals surface area contributed by atoms with Crippen LogP contribution in [0.25, 0.3) is 11.2 Å². The molecule has 0 atom stereocenters. The maximum Gasteiger partial charge on any atom is 0.274 e. The predicted octanol–water partition coefficient (Wildman–Crippen LogP) is 2.93. The van der Waals surface area contributed by atoms with Crippen molar-refractivity contribution >= 4 is 28.4 Å². The van der Waals surface area contributed by atoms with Gasteiger partial charge in [-0.25, -0.2) is 13.9 Å². The van der Waals surface area contributed by atoms with Crippen LogP contribution in [0.15, 0.2) is 36.7 Å². The van der Waals surface area contributed by atoms with E-state index in [2.05, 4.69) is 25.6 Å². The lowest BCUT2D eigenvalue weighted by Crippen LogP contribution is -2.52. The van der Waals surface area contributed by atoms with Gasteiger partial charge < -0.3 is 19.9 Å². The Morgan fingerprint density at radius 3 is 2.84 bits per heavy atom. The molecule has 6 rings (SSSR count). The molecule has 32 heavy (non-hydrogen) atoms. The fourth-order valence-electron chi connectivity index (χ4n) is 4.71. The highest BCUT2D eigenvalue weighted by Crippen LogP contribution is 2.39. The van der Waals surface area contributed by atoms with Gasteiger partial charge in [0, 0.05) is 43.6 Å². The largest absolute Gasteiger partial charge is 0.367 e. The van der Waals surface area contributed by atoms with Crippen molar-refractivity contribution in [1.29, 1.82) is 0 Å². The maximum atomic E-state index is 14.4. The Bertz CT molecular complexity index is 1380. The van der Waals surface area contributed by atoms with Crippen LogP contribution in [-0.4, -0.2) is 50.1 Å². The first-order valence-electron chi connectivity index (χ1n) is 10.9. The summed E-state index contributed by atoms with van der Waals surface area (Å²) in [5.74, 6) is -0.835. The molecular weight excluding hydrogens is 409 g/mol. The van der Waals surface area contributed by atoms with Crippen molar-refractivity contribution < 1.29 is 9.18 Å². The van der Waals surface area contributed by atoms with E-state index < -0.39 is 5.82 Å². The Morgan fingerprint density at radius 2 is 2.03 bits per heavy atom. The summed E-state index contributed by atoms with van der Waals surface area (Å²) >= 11 is 0. The van der Waals surface area contributed by atoms with Gasteiger partial charge in [0.05, 0.1) is 28.3 Å². The molecule has 0 unspecified atom stereocenters. The molecule has 2 N–H and O–H groups in total. The molecule has 5 heterocycles. The molecule has 1 spiro atoms. The van der Waals surface area contributed by atoms with Crippen molar-refractivity contribution in [3.63, 3.8) is 0 Å². The van der Waals surface area contributed by atoms with Crippen molar-refractivity contribution in [3.8, 4) is 0 Å². The lowest BCUT2D eigenvalue weighted by atomic mass is 10.1. The van der Waals surface area contributed by atoms with Gasteiger partial charge in [-0.15, -0.1) is 0 Å². The fraction of sp³-hybridized carbons (Fsp3) is 0.348. The predicted molar refractivity (Wildman–Crippen MR) is 120 cm³/mol. The van der Waals surface area contributed by atoms with E-state index in [9.17, 15) is 9.18 Å². The normalized spacial score (nSPS) is 17.4. The summed E-state index contributed by atoms with van der Waals surface area (Å²) in [4.78, 5) is 19.7. The number of carbonyl (C=O) groups is 1. The van der Waals surface area contributed by atoms with E-state index in [4.69, 9.17) is 0 Å². The van der Waals surface area contributed by atoms with Crippen LogP contribution in [0, 0.1) is 19.7 Å². The topological polar surface area (TPSA) is 79.0 Å². The van der Waals surface area contributed by atoms with E-state index in [-0.39, 0.29) is 17.1 Å². The van der Waals surface area contributed by atoms with Gasteiger partial charge in [-0.05, 0) is 44.9 Å². The first-order valence-corrected chi connectivity index (χ1v) is 10.9. The summed E-state index contributed by atoms with van der Waals surface area (Å²) in [5.41, 5.74) is 4.76. The van der Waals surface area contributed by atoms with E-state index in [0.29, 0.717) is 17.1 Å². The summed E-state index contributed by atoms with van der Waals surface area (Å²) in [7, 11) is 0. The number of hydrogen-bond donors (Lipinski definition) is 2. The molecule has 4 aromatic rings. The van der Waals surface area contributed by atoms with Gasteiger partial charge >= 0.3 is 0 Å². The minimum absolute atomic E-state index is 0.236. The van der Waals surface area contributed by atoms with Crippen LogP contribution in [0.2, 0.25) is 0 Å². The zero-order chi connectivity index (χ0) is 22.0. The van der Waals surface area contributed by atoms with Crippen molar-refractivity contribution in [1.82, 2.24) is 24.3 Å². The number of nitrogens with zero attached hydrogens (tertiary/aromatic N) is 5. The number of nitrogens with one attached hydrogen (secondary N) is 2. The molecule has 1 aliphatic heterocycles. The lowest BCUT2D eigenvalue weighted by Gasteiger charge is -2.36. The van der Waals surface area contributed by atoms with Crippen molar-refractivity contribution in [2.45, 2.75) is 32.2 Å². The molecule has 2 fully saturated rings. The second kappa shape index (κ2) is 6.77. The number of fused-ring (bicyclic) bond motifs is 2. The molecule has 1 amide bonds. The van der Waals surface area contributed by atoms with Gasteiger partial charge in [0.1, 0.15) is 5.69 Å². The van der Waals surface area contributed by atoms with E-state index in [1.54, 1.807) is 34.3 Å². The van der Waals surface area contributed by atoms with E-state index in [1.165, 1.54) is 18.9 Å².